The first-order valence-corrected chi connectivity index (χ1v) is 12.5. The van der Waals surface area contributed by atoms with E-state index in [-0.39, 0.29) is 23.9 Å². The molecule has 0 saturated carbocycles. The third kappa shape index (κ3) is 5.48. The molecule has 0 unspecified atom stereocenters. The van der Waals surface area contributed by atoms with Crippen LogP contribution < -0.4 is 4.74 Å². The lowest BCUT2D eigenvalue weighted by molar-refractivity contribution is -0.145. The summed E-state index contributed by atoms with van der Waals surface area (Å²) >= 11 is 6.01. The summed E-state index contributed by atoms with van der Waals surface area (Å²) in [6.07, 6.45) is 0.486. The minimum absolute atomic E-state index is 0.0533. The zero-order valence-corrected chi connectivity index (χ0v) is 20.7. The number of sulfonamides is 1. The number of nitrogens with zero attached hydrogens (tertiary/aromatic N) is 3. The Balaban J connectivity index is 1.70. The van der Waals surface area contributed by atoms with Crippen molar-refractivity contribution in [1.29, 1.82) is 0 Å². The van der Waals surface area contributed by atoms with E-state index in [4.69, 9.17) is 21.1 Å². The first kappa shape index (κ1) is 25.0. The van der Waals surface area contributed by atoms with E-state index in [0.29, 0.717) is 47.2 Å². The quantitative estimate of drug-likeness (QED) is 0.397. The summed E-state index contributed by atoms with van der Waals surface area (Å²) in [6, 6.07) is 10.0. The molecule has 0 atom stereocenters. The van der Waals surface area contributed by atoms with Crippen LogP contribution in [-0.4, -0.2) is 48.4 Å². The van der Waals surface area contributed by atoms with Gasteiger partial charge in [-0.25, -0.2) is 13.4 Å². The lowest BCUT2D eigenvalue weighted by Gasteiger charge is -2.18. The fraction of sp³-hybridized carbons (Fsp3) is 0.391. The van der Waals surface area contributed by atoms with E-state index in [1.807, 2.05) is 11.6 Å². The summed E-state index contributed by atoms with van der Waals surface area (Å²) in [7, 11) is -0.195. The van der Waals surface area contributed by atoms with Gasteiger partial charge >= 0.3 is 5.97 Å². The van der Waals surface area contributed by atoms with E-state index in [0.717, 1.165) is 5.52 Å². The number of ether oxygens (including phenoxy) is 2. The average molecular weight is 494 g/mol. The zero-order chi connectivity index (χ0) is 24.2. The molecule has 0 fully saturated rings. The third-order valence-corrected chi connectivity index (χ3v) is 7.75. The number of carbonyl (C=O) groups is 1. The summed E-state index contributed by atoms with van der Waals surface area (Å²) in [4.78, 5) is 17.1. The van der Waals surface area contributed by atoms with Crippen LogP contribution in [0.2, 0.25) is 5.02 Å². The summed E-state index contributed by atoms with van der Waals surface area (Å²) in [5.41, 5.74) is 2.04. The van der Waals surface area contributed by atoms with E-state index < -0.39 is 10.0 Å². The highest BCUT2D eigenvalue weighted by atomic mass is 35.5. The monoisotopic (exact) mass is 493 g/mol. The van der Waals surface area contributed by atoms with Gasteiger partial charge in [0.2, 0.25) is 10.0 Å². The second kappa shape index (κ2) is 10.5. The second-order valence-corrected chi connectivity index (χ2v) is 9.82. The lowest BCUT2D eigenvalue weighted by Crippen LogP contribution is -2.30. The largest absolute Gasteiger partial charge is 0.496 e. The van der Waals surface area contributed by atoms with Gasteiger partial charge in [0.25, 0.3) is 0 Å². The predicted octanol–water partition coefficient (Wildman–Crippen LogP) is 3.94. The van der Waals surface area contributed by atoms with Crippen LogP contribution in [0, 0.1) is 0 Å². The molecule has 3 rings (SSSR count). The smallest absolute Gasteiger partial charge is 0.306 e. The number of aromatic nitrogens is 2. The minimum atomic E-state index is -3.57. The maximum atomic E-state index is 12.8. The Bertz CT molecular complexity index is 1250. The molecule has 0 aliphatic heterocycles. The van der Waals surface area contributed by atoms with E-state index in [1.165, 1.54) is 4.31 Å². The molecule has 0 saturated heterocycles. The number of methoxy groups -OCH3 is 1. The van der Waals surface area contributed by atoms with Crippen molar-refractivity contribution in [3.8, 4) is 5.75 Å². The Hall–Kier alpha value is -2.62. The molecule has 8 nitrogen and oxygen atoms in total. The topological polar surface area (TPSA) is 90.7 Å². The highest BCUT2D eigenvalue weighted by molar-refractivity contribution is 7.89. The van der Waals surface area contributed by atoms with Crippen molar-refractivity contribution in [3.63, 3.8) is 0 Å². The number of benzene rings is 2. The predicted molar refractivity (Wildman–Crippen MR) is 127 cm³/mol. The molecule has 0 N–H and O–H groups in total. The molecular formula is C23H28ClN3O5S. The van der Waals surface area contributed by atoms with Crippen molar-refractivity contribution in [1.82, 2.24) is 13.9 Å². The van der Waals surface area contributed by atoms with Crippen molar-refractivity contribution in [3.05, 3.63) is 52.8 Å². The number of hydrogen-bond donors (Lipinski definition) is 0. The molecule has 10 heteroatoms. The number of imidazole rings is 1. The molecule has 0 radical (unpaired) electrons. The molecule has 0 bridgehead atoms. The van der Waals surface area contributed by atoms with Crippen LogP contribution in [0.15, 0.2) is 41.3 Å². The summed E-state index contributed by atoms with van der Waals surface area (Å²) in [5.74, 6) is 0.881. The molecule has 0 aliphatic carbocycles. The highest BCUT2D eigenvalue weighted by Crippen LogP contribution is 2.24. The number of aryl methyl sites for hydroxylation is 2. The summed E-state index contributed by atoms with van der Waals surface area (Å²) < 4.78 is 39.5. The number of rotatable bonds is 10. The minimum Gasteiger partial charge on any atom is -0.496 e. The lowest BCUT2D eigenvalue weighted by atomic mass is 10.2. The van der Waals surface area contributed by atoms with Crippen molar-refractivity contribution < 1.29 is 22.7 Å². The molecule has 178 valence electrons. The van der Waals surface area contributed by atoms with Crippen LogP contribution in [0.4, 0.5) is 0 Å². The van der Waals surface area contributed by atoms with Gasteiger partial charge in [-0.05, 0) is 36.4 Å². The SMILES string of the molecule is CCN(CC)S(=O)(=O)c1ccc2c(c1)nc(CCC(=O)OCc1cc(Cl)ccc1OC)n2C. The van der Waals surface area contributed by atoms with Gasteiger partial charge < -0.3 is 14.0 Å². The Kier molecular flexibility index (Phi) is 7.99. The zero-order valence-electron chi connectivity index (χ0n) is 19.2. The Morgan fingerprint density at radius 2 is 1.88 bits per heavy atom. The summed E-state index contributed by atoms with van der Waals surface area (Å²) in [6.45, 7) is 4.46. The molecule has 0 amide bonds. The van der Waals surface area contributed by atoms with Crippen molar-refractivity contribution in [2.24, 2.45) is 7.05 Å². The maximum absolute atomic E-state index is 12.8. The fourth-order valence-corrected chi connectivity index (χ4v) is 5.30. The van der Waals surface area contributed by atoms with E-state index in [1.54, 1.807) is 57.4 Å². The van der Waals surface area contributed by atoms with Gasteiger partial charge in [0.1, 0.15) is 18.2 Å². The van der Waals surface area contributed by atoms with Crippen molar-refractivity contribution >= 4 is 38.6 Å². The maximum Gasteiger partial charge on any atom is 0.306 e. The van der Waals surface area contributed by atoms with Gasteiger partial charge in [-0.3, -0.25) is 4.79 Å². The Morgan fingerprint density at radius 3 is 2.55 bits per heavy atom. The molecule has 2 aromatic carbocycles. The summed E-state index contributed by atoms with van der Waals surface area (Å²) in [5, 5.41) is 0.531. The third-order valence-electron chi connectivity index (χ3n) is 5.47. The number of hydrogen-bond acceptors (Lipinski definition) is 6. The van der Waals surface area contributed by atoms with Gasteiger partial charge in [-0.1, -0.05) is 25.4 Å². The van der Waals surface area contributed by atoms with E-state index in [2.05, 4.69) is 4.98 Å². The Labute approximate surface area is 199 Å². The highest BCUT2D eigenvalue weighted by Gasteiger charge is 2.23. The van der Waals surface area contributed by atoms with Crippen molar-refractivity contribution in [2.75, 3.05) is 20.2 Å². The van der Waals surface area contributed by atoms with Crippen LogP contribution in [-0.2, 0) is 39.6 Å². The van der Waals surface area contributed by atoms with Gasteiger partial charge in [0.05, 0.1) is 29.5 Å². The van der Waals surface area contributed by atoms with E-state index in [9.17, 15) is 13.2 Å². The number of halogens is 1. The molecule has 3 aromatic rings. The number of esters is 1. The number of fused-ring (bicyclic) bond motifs is 1. The molecule has 0 aliphatic rings. The van der Waals surface area contributed by atoms with Crippen molar-refractivity contribution in [2.45, 2.75) is 38.2 Å². The van der Waals surface area contributed by atoms with Crippen LogP contribution in [0.1, 0.15) is 31.7 Å². The van der Waals surface area contributed by atoms with Gasteiger partial charge in [0.15, 0.2) is 0 Å². The normalized spacial score (nSPS) is 11.8. The molecule has 33 heavy (non-hydrogen) atoms. The van der Waals surface area contributed by atoms with Gasteiger partial charge in [-0.15, -0.1) is 0 Å². The first-order valence-electron chi connectivity index (χ1n) is 10.6. The van der Waals surface area contributed by atoms with Gasteiger partial charge in [-0.2, -0.15) is 4.31 Å². The standard InChI is InChI=1S/C23H28ClN3O5S/c1-5-27(6-2)33(29,30)18-8-9-20-19(14-18)25-22(26(20)3)11-12-23(28)32-15-16-13-17(24)7-10-21(16)31-4/h7-10,13-14H,5-6,11-12,15H2,1-4H3. The average Bonchev–Trinajstić information content (AvgIpc) is 3.12. The fourth-order valence-electron chi connectivity index (χ4n) is 3.63. The molecule has 0 spiro atoms. The van der Waals surface area contributed by atoms with Gasteiger partial charge in [0, 0.05) is 37.1 Å². The van der Waals surface area contributed by atoms with Crippen LogP contribution in [0.3, 0.4) is 0 Å². The van der Waals surface area contributed by atoms with Crippen LogP contribution in [0.25, 0.3) is 11.0 Å². The molecular weight excluding hydrogens is 466 g/mol. The van der Waals surface area contributed by atoms with E-state index >= 15 is 0 Å². The molecule has 1 aromatic heterocycles. The molecule has 1 heterocycles. The Morgan fingerprint density at radius 1 is 1.15 bits per heavy atom. The van der Waals surface area contributed by atoms with Crippen LogP contribution in [0.5, 0.6) is 5.75 Å². The second-order valence-electron chi connectivity index (χ2n) is 7.44. The number of carbonyl (C=O) groups excluding carboxylic acids is 1. The van der Waals surface area contributed by atoms with Crippen LogP contribution >= 0.6 is 11.6 Å². The first-order chi connectivity index (χ1) is 15.7.